The van der Waals surface area contributed by atoms with E-state index in [2.05, 4.69) is 5.32 Å². The third-order valence-corrected chi connectivity index (χ3v) is 4.23. The van der Waals surface area contributed by atoms with Crippen LogP contribution in [0, 0.1) is 0 Å². The van der Waals surface area contributed by atoms with E-state index in [9.17, 15) is 4.79 Å². The predicted molar refractivity (Wildman–Crippen MR) is 102 cm³/mol. The Morgan fingerprint density at radius 2 is 1.88 bits per heavy atom. The number of methoxy groups -OCH3 is 2. The van der Waals surface area contributed by atoms with E-state index < -0.39 is 6.10 Å². The van der Waals surface area contributed by atoms with Crippen molar-refractivity contribution in [2.24, 2.45) is 0 Å². The molecule has 0 bridgehead atoms. The Labute approximate surface area is 159 Å². The molecule has 0 aliphatic rings. The van der Waals surface area contributed by atoms with E-state index in [0.29, 0.717) is 28.7 Å². The molecule has 0 aromatic heterocycles. The molecule has 0 radical (unpaired) electrons. The number of carbonyl (C=O) groups excluding carboxylic acids is 1. The molecule has 0 aliphatic carbocycles. The SMILES string of the molecule is CCC(Oc1cccc(Cl)c1)C(=O)NC(C)c1cc(OC)ccc1OC. The average molecular weight is 378 g/mol. The molecule has 0 saturated carbocycles. The summed E-state index contributed by atoms with van der Waals surface area (Å²) in [6.07, 6.45) is -0.0899. The lowest BCUT2D eigenvalue weighted by atomic mass is 10.1. The van der Waals surface area contributed by atoms with Gasteiger partial charge in [0.15, 0.2) is 6.10 Å². The van der Waals surface area contributed by atoms with Gasteiger partial charge < -0.3 is 19.5 Å². The van der Waals surface area contributed by atoms with Crippen molar-refractivity contribution in [1.82, 2.24) is 5.32 Å². The molecule has 2 atom stereocenters. The third kappa shape index (κ3) is 5.05. The highest BCUT2D eigenvalue weighted by molar-refractivity contribution is 6.30. The number of nitrogens with one attached hydrogen (secondary N) is 1. The number of rotatable bonds is 8. The van der Waals surface area contributed by atoms with Gasteiger partial charge in [0, 0.05) is 10.6 Å². The Morgan fingerprint density at radius 3 is 2.50 bits per heavy atom. The number of carbonyl (C=O) groups is 1. The first-order valence-electron chi connectivity index (χ1n) is 8.43. The maximum atomic E-state index is 12.7. The van der Waals surface area contributed by atoms with Crippen LogP contribution in [0.3, 0.4) is 0 Å². The maximum Gasteiger partial charge on any atom is 0.261 e. The van der Waals surface area contributed by atoms with Crippen LogP contribution < -0.4 is 19.5 Å². The van der Waals surface area contributed by atoms with Crippen LogP contribution in [-0.4, -0.2) is 26.2 Å². The summed E-state index contributed by atoms with van der Waals surface area (Å²) in [7, 11) is 3.19. The van der Waals surface area contributed by atoms with E-state index >= 15 is 0 Å². The zero-order valence-electron chi connectivity index (χ0n) is 15.4. The molecule has 0 spiro atoms. The molecular formula is C20H24ClNO4. The minimum Gasteiger partial charge on any atom is -0.497 e. The summed E-state index contributed by atoms with van der Waals surface area (Å²) < 4.78 is 16.4. The van der Waals surface area contributed by atoms with Gasteiger partial charge in [0.25, 0.3) is 5.91 Å². The van der Waals surface area contributed by atoms with Crippen molar-refractivity contribution in [3.05, 3.63) is 53.1 Å². The van der Waals surface area contributed by atoms with Gasteiger partial charge in [-0.15, -0.1) is 0 Å². The fraction of sp³-hybridized carbons (Fsp3) is 0.350. The van der Waals surface area contributed by atoms with Gasteiger partial charge in [0.05, 0.1) is 20.3 Å². The lowest BCUT2D eigenvalue weighted by Crippen LogP contribution is -2.39. The van der Waals surface area contributed by atoms with Crippen LogP contribution in [0.2, 0.25) is 5.02 Å². The Morgan fingerprint density at radius 1 is 1.12 bits per heavy atom. The van der Waals surface area contributed by atoms with Gasteiger partial charge in [0.2, 0.25) is 0 Å². The monoisotopic (exact) mass is 377 g/mol. The minimum absolute atomic E-state index is 0.204. The fourth-order valence-electron chi connectivity index (χ4n) is 2.59. The lowest BCUT2D eigenvalue weighted by molar-refractivity contribution is -0.128. The smallest absolute Gasteiger partial charge is 0.261 e. The molecule has 0 aliphatic heterocycles. The van der Waals surface area contributed by atoms with Gasteiger partial charge in [0.1, 0.15) is 17.2 Å². The summed E-state index contributed by atoms with van der Waals surface area (Å²) in [5, 5.41) is 3.54. The van der Waals surface area contributed by atoms with Crippen LogP contribution in [0.25, 0.3) is 0 Å². The van der Waals surface area contributed by atoms with Gasteiger partial charge in [-0.1, -0.05) is 24.6 Å². The molecule has 1 N–H and O–H groups in total. The van der Waals surface area contributed by atoms with E-state index in [1.54, 1.807) is 38.5 Å². The molecule has 0 saturated heterocycles. The number of hydrogen-bond acceptors (Lipinski definition) is 4. The molecule has 140 valence electrons. The van der Waals surface area contributed by atoms with Crippen molar-refractivity contribution in [3.63, 3.8) is 0 Å². The molecule has 0 heterocycles. The highest BCUT2D eigenvalue weighted by Crippen LogP contribution is 2.29. The molecule has 26 heavy (non-hydrogen) atoms. The first kappa shape index (κ1) is 19.9. The Balaban J connectivity index is 2.11. The first-order valence-corrected chi connectivity index (χ1v) is 8.80. The van der Waals surface area contributed by atoms with Gasteiger partial charge in [-0.25, -0.2) is 0 Å². The number of halogens is 1. The Bertz CT molecular complexity index is 750. The van der Waals surface area contributed by atoms with E-state index in [1.165, 1.54) is 0 Å². The molecule has 0 fully saturated rings. The zero-order chi connectivity index (χ0) is 19.1. The number of hydrogen-bond donors (Lipinski definition) is 1. The summed E-state index contributed by atoms with van der Waals surface area (Å²) in [5.74, 6) is 1.74. The van der Waals surface area contributed by atoms with E-state index in [4.69, 9.17) is 25.8 Å². The number of ether oxygens (including phenoxy) is 3. The summed E-state index contributed by atoms with van der Waals surface area (Å²) >= 11 is 5.97. The summed E-state index contributed by atoms with van der Waals surface area (Å²) in [5.41, 5.74) is 0.831. The molecule has 2 aromatic carbocycles. The van der Waals surface area contributed by atoms with Crippen LogP contribution in [0.1, 0.15) is 31.9 Å². The van der Waals surface area contributed by atoms with Crippen molar-refractivity contribution in [1.29, 1.82) is 0 Å². The molecule has 1 amide bonds. The van der Waals surface area contributed by atoms with Crippen LogP contribution in [0.15, 0.2) is 42.5 Å². The Hall–Kier alpha value is -2.40. The normalized spacial score (nSPS) is 12.8. The average Bonchev–Trinajstić information content (AvgIpc) is 2.65. The quantitative estimate of drug-likeness (QED) is 0.741. The summed E-state index contributed by atoms with van der Waals surface area (Å²) in [6, 6.07) is 12.2. The van der Waals surface area contributed by atoms with Gasteiger partial charge in [-0.2, -0.15) is 0 Å². The predicted octanol–water partition coefficient (Wildman–Crippen LogP) is 4.39. The minimum atomic E-state index is -0.618. The van der Waals surface area contributed by atoms with Gasteiger partial charge in [-0.3, -0.25) is 4.79 Å². The van der Waals surface area contributed by atoms with E-state index in [1.807, 2.05) is 32.0 Å². The second-order valence-corrected chi connectivity index (χ2v) is 6.25. The van der Waals surface area contributed by atoms with Crippen molar-refractivity contribution in [3.8, 4) is 17.2 Å². The molecule has 2 rings (SSSR count). The second-order valence-electron chi connectivity index (χ2n) is 5.81. The van der Waals surface area contributed by atoms with Crippen molar-refractivity contribution < 1.29 is 19.0 Å². The molecule has 2 aromatic rings. The Kier molecular flexibility index (Phi) is 7.16. The summed E-state index contributed by atoms with van der Waals surface area (Å²) in [4.78, 5) is 12.7. The van der Waals surface area contributed by atoms with Crippen molar-refractivity contribution in [2.45, 2.75) is 32.4 Å². The number of benzene rings is 2. The largest absolute Gasteiger partial charge is 0.497 e. The van der Waals surface area contributed by atoms with Crippen LogP contribution in [0.5, 0.6) is 17.2 Å². The van der Waals surface area contributed by atoms with Crippen LogP contribution in [-0.2, 0) is 4.79 Å². The highest BCUT2D eigenvalue weighted by Gasteiger charge is 2.22. The summed E-state index contributed by atoms with van der Waals surface area (Å²) in [6.45, 7) is 3.78. The molecule has 2 unspecified atom stereocenters. The number of amides is 1. The maximum absolute atomic E-state index is 12.7. The zero-order valence-corrected chi connectivity index (χ0v) is 16.2. The molecule has 6 heteroatoms. The lowest BCUT2D eigenvalue weighted by Gasteiger charge is -2.22. The second kappa shape index (κ2) is 9.34. The van der Waals surface area contributed by atoms with Gasteiger partial charge in [-0.05, 0) is 49.7 Å². The molecular weight excluding hydrogens is 354 g/mol. The standard InChI is InChI=1S/C20H24ClNO4/c1-5-18(26-16-8-6-7-14(21)11-16)20(23)22-13(2)17-12-15(24-3)9-10-19(17)25-4/h6-13,18H,5H2,1-4H3,(H,22,23). The van der Waals surface area contributed by atoms with Crippen LogP contribution in [0.4, 0.5) is 0 Å². The fourth-order valence-corrected chi connectivity index (χ4v) is 2.77. The molecule has 5 nitrogen and oxygen atoms in total. The topological polar surface area (TPSA) is 56.8 Å². The van der Waals surface area contributed by atoms with E-state index in [0.717, 1.165) is 5.56 Å². The van der Waals surface area contributed by atoms with Gasteiger partial charge >= 0.3 is 0 Å². The van der Waals surface area contributed by atoms with E-state index in [-0.39, 0.29) is 11.9 Å². The van der Waals surface area contributed by atoms with Crippen LogP contribution >= 0.6 is 11.6 Å². The van der Waals surface area contributed by atoms with Crippen molar-refractivity contribution in [2.75, 3.05) is 14.2 Å². The van der Waals surface area contributed by atoms with Crippen molar-refractivity contribution >= 4 is 17.5 Å². The highest BCUT2D eigenvalue weighted by atomic mass is 35.5. The first-order chi connectivity index (χ1) is 12.5. The third-order valence-electron chi connectivity index (χ3n) is 4.00.